The van der Waals surface area contributed by atoms with Crippen molar-refractivity contribution in [3.05, 3.63) is 108 Å². The number of anilines is 1. The molecule has 2 aromatic carbocycles. The van der Waals surface area contributed by atoms with E-state index in [4.69, 9.17) is 21.1 Å². The van der Waals surface area contributed by atoms with Crippen LogP contribution in [0.2, 0.25) is 20.6 Å². The molecule has 16 heteroatoms. The molecule has 1 aliphatic carbocycles. The zero-order valence-corrected chi connectivity index (χ0v) is 35.2. The Morgan fingerprint density at radius 2 is 1.75 bits per heavy atom. The number of methoxy groups -OCH3 is 1. The van der Waals surface area contributed by atoms with Crippen molar-refractivity contribution in [3.63, 3.8) is 0 Å². The van der Waals surface area contributed by atoms with Crippen LogP contribution in [0.25, 0.3) is 10.9 Å². The van der Waals surface area contributed by atoms with Gasteiger partial charge in [0.25, 0.3) is 0 Å². The van der Waals surface area contributed by atoms with Crippen molar-refractivity contribution in [2.45, 2.75) is 72.0 Å². The van der Waals surface area contributed by atoms with E-state index in [0.717, 1.165) is 36.5 Å². The maximum atomic E-state index is 13.4. The summed E-state index contributed by atoms with van der Waals surface area (Å²) in [5.74, 6) is -0.215. The van der Waals surface area contributed by atoms with Crippen LogP contribution in [0.4, 0.5) is 10.4 Å². The first-order chi connectivity index (χ1) is 26.5. The molecule has 0 spiro atoms. The molecular weight excluding hydrogens is 844 g/mol. The summed E-state index contributed by atoms with van der Waals surface area (Å²) in [5, 5.41) is 44.3. The van der Waals surface area contributed by atoms with Crippen LogP contribution in [0.5, 0.6) is 11.5 Å². The van der Waals surface area contributed by atoms with Crippen LogP contribution in [0.15, 0.2) is 76.2 Å². The summed E-state index contributed by atoms with van der Waals surface area (Å²) < 4.78 is 12.1. The van der Waals surface area contributed by atoms with Crippen molar-refractivity contribution < 1.29 is 39.1 Å². The molecule has 0 saturated heterocycles. The number of halogens is 2. The standard InChI is InChI=1S/C40H45AsClN3O8S2.FH/c1-41(25-7-9-26(10-8-25)53-39(50)40(51,34-5-3-19-54-34)35-6-4-20-55-35)17-15-37(49)44-30-22-33(52-2)24(21-29(30)42)16-18-43-23-32(47)27-11-13-31(46)38-28(27)12-14-36(48)45-38;/h3-6,11-14,19-22,25-26,32,43,46-47,51H,7-10,15-18,23H2,1-2H3,(H,44,49)(H,45,48);1H/t25?,26?,32-,41?;/m1./s1. The van der Waals surface area contributed by atoms with Gasteiger partial charge in [-0.2, -0.15) is 0 Å². The van der Waals surface area contributed by atoms with E-state index in [0.29, 0.717) is 61.3 Å². The van der Waals surface area contributed by atoms with Crippen molar-refractivity contribution in [3.8, 4) is 11.5 Å². The zero-order valence-electron chi connectivity index (χ0n) is 31.0. The summed E-state index contributed by atoms with van der Waals surface area (Å²) in [6.45, 7) is 0.734. The molecule has 1 amide bonds. The van der Waals surface area contributed by atoms with E-state index in [1.165, 1.54) is 34.8 Å². The summed E-state index contributed by atoms with van der Waals surface area (Å²) in [6, 6.07) is 16.7. The molecule has 2 atom stereocenters. The molecule has 11 nitrogen and oxygen atoms in total. The van der Waals surface area contributed by atoms with Gasteiger partial charge < -0.3 is 15.2 Å². The molecule has 3 aromatic heterocycles. The van der Waals surface area contributed by atoms with Gasteiger partial charge in [0.15, 0.2) is 0 Å². The first-order valence-electron chi connectivity index (χ1n) is 18.1. The molecule has 1 aliphatic rings. The van der Waals surface area contributed by atoms with Gasteiger partial charge in [-0.05, 0) is 17.7 Å². The van der Waals surface area contributed by atoms with E-state index in [1.54, 1.807) is 43.5 Å². The van der Waals surface area contributed by atoms with E-state index < -0.39 is 32.3 Å². The number of hydrogen-bond donors (Lipinski definition) is 6. The number of amides is 1. The molecule has 0 radical (unpaired) electrons. The van der Waals surface area contributed by atoms with Gasteiger partial charge in [-0.25, -0.2) is 0 Å². The molecule has 5 aromatic rings. The SMILES string of the molecule is COc1cc(NC(=O)CC[As](C)C2CCC(OC(=O)C(O)(c3cccs3)c3cccs3)CC2)c(Cl)cc1CCNC[C@@H](O)c1ccc(O)c2[nH]c(=O)ccc12.F. The predicted octanol–water partition coefficient (Wildman–Crippen LogP) is 7.28. The minimum Gasteiger partial charge on any atom is -0.506 e. The van der Waals surface area contributed by atoms with Crippen LogP contribution in [0, 0.1) is 0 Å². The molecule has 300 valence electrons. The van der Waals surface area contributed by atoms with Gasteiger partial charge in [-0.1, -0.05) is 6.07 Å². The Balaban J connectivity index is 0.00000600. The molecule has 6 N–H and O–H groups in total. The van der Waals surface area contributed by atoms with Crippen LogP contribution in [-0.2, 0) is 26.3 Å². The molecule has 3 heterocycles. The Bertz CT molecular complexity index is 2110. The van der Waals surface area contributed by atoms with Gasteiger partial charge in [0.2, 0.25) is 5.56 Å². The molecule has 6 rings (SSSR count). The summed E-state index contributed by atoms with van der Waals surface area (Å²) >= 11 is 7.94. The van der Waals surface area contributed by atoms with E-state index in [-0.39, 0.29) is 40.1 Å². The minimum absolute atomic E-state index is 0. The van der Waals surface area contributed by atoms with Crippen molar-refractivity contribution in [2.24, 2.45) is 0 Å². The first-order valence-corrected chi connectivity index (χ1v) is 24.5. The van der Waals surface area contributed by atoms with Crippen LogP contribution in [0.3, 0.4) is 0 Å². The van der Waals surface area contributed by atoms with Gasteiger partial charge in [-0.15, -0.1) is 0 Å². The number of aliphatic hydroxyl groups excluding tert-OH is 1. The summed E-state index contributed by atoms with van der Waals surface area (Å²) in [4.78, 5) is 41.9. The van der Waals surface area contributed by atoms with Crippen LogP contribution < -0.4 is 20.9 Å². The second-order valence-corrected chi connectivity index (χ2v) is 21.6. The average molecular weight is 890 g/mol. The average Bonchev–Trinajstić information content (AvgIpc) is 3.93. The molecule has 1 saturated carbocycles. The van der Waals surface area contributed by atoms with E-state index >= 15 is 0 Å². The molecule has 0 aliphatic heterocycles. The number of pyridine rings is 1. The monoisotopic (exact) mass is 889 g/mol. The number of rotatable bonds is 16. The number of carbonyl (C=O) groups excluding carboxylic acids is 2. The summed E-state index contributed by atoms with van der Waals surface area (Å²) in [6.07, 6.45) is 3.14. The quantitative estimate of drug-likeness (QED) is 0.0339. The molecule has 1 fully saturated rings. The van der Waals surface area contributed by atoms with Crippen molar-refractivity contribution in [2.75, 3.05) is 25.5 Å². The smallest absolute Gasteiger partial charge is 0.506 e. The number of phenolic OH excluding ortho intramolecular Hbond substituents is 1. The number of ether oxygens (including phenoxy) is 2. The molecule has 0 bridgehead atoms. The number of benzene rings is 2. The Morgan fingerprint density at radius 1 is 1.05 bits per heavy atom. The van der Waals surface area contributed by atoms with Crippen molar-refractivity contribution >= 4 is 77.4 Å². The number of fused-ring (bicyclic) bond motifs is 1. The fourth-order valence-corrected chi connectivity index (χ4v) is 13.4. The number of aromatic hydroxyl groups is 1. The number of thiophene rings is 2. The third kappa shape index (κ3) is 10.0. The maximum absolute atomic E-state index is 13.4. The number of H-pyrrole nitrogens is 1. The number of aliphatic hydroxyl groups is 2. The number of hydrogen-bond acceptors (Lipinski definition) is 11. The number of phenols is 1. The van der Waals surface area contributed by atoms with Gasteiger partial charge in [0.1, 0.15) is 5.75 Å². The number of esters is 1. The second kappa shape index (κ2) is 19.6. The Kier molecular flexibility index (Phi) is 15.2. The second-order valence-electron chi connectivity index (χ2n) is 13.7. The molecule has 56 heavy (non-hydrogen) atoms. The number of nitrogens with one attached hydrogen (secondary N) is 3. The van der Waals surface area contributed by atoms with Crippen LogP contribution in [0.1, 0.15) is 59.1 Å². The van der Waals surface area contributed by atoms with Gasteiger partial charge in [0, 0.05) is 11.5 Å². The van der Waals surface area contributed by atoms with Crippen LogP contribution >= 0.6 is 34.3 Å². The Labute approximate surface area is 341 Å². The van der Waals surface area contributed by atoms with E-state index in [2.05, 4.69) is 21.3 Å². The topological polar surface area (TPSA) is 170 Å². The molecule has 1 unspecified atom stereocenters. The number of aromatic amines is 1. The van der Waals surface area contributed by atoms with E-state index in [1.807, 2.05) is 22.9 Å². The normalized spacial score (nSPS) is 16.8. The number of aromatic nitrogens is 1. The van der Waals surface area contributed by atoms with Crippen molar-refractivity contribution in [1.82, 2.24) is 10.3 Å². The first kappa shape index (κ1) is 43.4. The number of carbonyl (C=O) groups is 2. The summed E-state index contributed by atoms with van der Waals surface area (Å²) in [5.41, 5.74) is 2.34. The Hall–Kier alpha value is -3.75. The fourth-order valence-electron chi connectivity index (χ4n) is 7.00. The molecular formula is C40H46AsClFN3O8S2. The third-order valence-corrected chi connectivity index (χ3v) is 18.0. The zero-order chi connectivity index (χ0) is 39.1. The van der Waals surface area contributed by atoms with E-state index in [9.17, 15) is 29.7 Å². The Morgan fingerprint density at radius 3 is 2.39 bits per heavy atom. The van der Waals surface area contributed by atoms with Gasteiger partial charge in [-0.3, -0.25) is 9.50 Å². The van der Waals surface area contributed by atoms with Crippen molar-refractivity contribution in [1.29, 1.82) is 0 Å². The van der Waals surface area contributed by atoms with Gasteiger partial charge >= 0.3 is 261 Å². The van der Waals surface area contributed by atoms with Crippen LogP contribution in [-0.4, -0.2) is 73.1 Å². The fraction of sp³-hybridized carbons (Fsp3) is 0.375. The summed E-state index contributed by atoms with van der Waals surface area (Å²) in [7, 11) is 1.56. The third-order valence-electron chi connectivity index (χ3n) is 10.1. The minimum atomic E-state index is -1.80. The van der Waals surface area contributed by atoms with Gasteiger partial charge in [0.05, 0.1) is 11.6 Å². The predicted molar refractivity (Wildman–Crippen MR) is 222 cm³/mol.